The Kier molecular flexibility index (Phi) is 6.66. The van der Waals surface area contributed by atoms with Crippen LogP contribution in [0.1, 0.15) is 51.8 Å². The van der Waals surface area contributed by atoms with Crippen LogP contribution in [0, 0.1) is 0 Å². The minimum atomic E-state index is -0.590. The fraction of sp³-hybridized carbons (Fsp3) is 0.647. The first-order valence-electron chi connectivity index (χ1n) is 7.32. The van der Waals surface area contributed by atoms with Gasteiger partial charge in [-0.25, -0.2) is 0 Å². The van der Waals surface area contributed by atoms with Crippen molar-refractivity contribution in [3.05, 3.63) is 35.4 Å². The Morgan fingerprint density at radius 1 is 1.10 bits per heavy atom. The highest BCUT2D eigenvalue weighted by molar-refractivity contribution is 5.28. The van der Waals surface area contributed by atoms with E-state index in [1.807, 2.05) is 26.0 Å². The molecule has 0 spiro atoms. The number of aliphatic hydroxyl groups excluding tert-OH is 1. The Morgan fingerprint density at radius 3 is 2.20 bits per heavy atom. The maximum Gasteiger partial charge on any atom is 0.102 e. The highest BCUT2D eigenvalue weighted by Crippen LogP contribution is 2.24. The van der Waals surface area contributed by atoms with Crippen LogP contribution in [0.5, 0.6) is 0 Å². The van der Waals surface area contributed by atoms with Crippen molar-refractivity contribution in [2.75, 3.05) is 19.8 Å². The van der Waals surface area contributed by atoms with Crippen molar-refractivity contribution in [3.63, 3.8) is 0 Å². The molecule has 1 aromatic rings. The predicted octanol–water partition coefficient (Wildman–Crippen LogP) is 3.46. The van der Waals surface area contributed by atoms with Crippen LogP contribution in [0.15, 0.2) is 24.3 Å². The number of hydrogen-bond donors (Lipinski definition) is 1. The van der Waals surface area contributed by atoms with Crippen LogP contribution >= 0.6 is 0 Å². The van der Waals surface area contributed by atoms with E-state index in [1.165, 1.54) is 5.56 Å². The van der Waals surface area contributed by atoms with Crippen LogP contribution in [-0.2, 0) is 14.9 Å². The zero-order valence-corrected chi connectivity index (χ0v) is 13.3. The highest BCUT2D eigenvalue weighted by atomic mass is 16.5. The molecule has 3 nitrogen and oxygen atoms in total. The summed E-state index contributed by atoms with van der Waals surface area (Å²) in [7, 11) is 0. The molecule has 114 valence electrons. The van der Waals surface area contributed by atoms with Crippen LogP contribution in [0.4, 0.5) is 0 Å². The van der Waals surface area contributed by atoms with Crippen LogP contribution in [-0.4, -0.2) is 31.0 Å². The van der Waals surface area contributed by atoms with Gasteiger partial charge in [0.1, 0.15) is 6.10 Å². The third-order valence-electron chi connectivity index (χ3n) is 3.26. The van der Waals surface area contributed by atoms with Crippen molar-refractivity contribution in [1.82, 2.24) is 0 Å². The lowest BCUT2D eigenvalue weighted by atomic mass is 9.86. The Morgan fingerprint density at radius 2 is 1.70 bits per heavy atom. The first-order valence-corrected chi connectivity index (χ1v) is 7.32. The van der Waals surface area contributed by atoms with Gasteiger partial charge in [0.15, 0.2) is 0 Å². The molecule has 1 N–H and O–H groups in total. The van der Waals surface area contributed by atoms with Gasteiger partial charge in [-0.3, -0.25) is 0 Å². The molecule has 0 saturated heterocycles. The molecule has 1 rings (SSSR count). The molecule has 0 fully saturated rings. The minimum Gasteiger partial charge on any atom is -0.386 e. The second-order valence-corrected chi connectivity index (χ2v) is 6.19. The van der Waals surface area contributed by atoms with Gasteiger partial charge >= 0.3 is 0 Å². The van der Waals surface area contributed by atoms with Gasteiger partial charge in [0.2, 0.25) is 0 Å². The monoisotopic (exact) mass is 280 g/mol. The summed E-state index contributed by atoms with van der Waals surface area (Å²) in [5.74, 6) is 0. The van der Waals surface area contributed by atoms with Gasteiger partial charge in [-0.2, -0.15) is 0 Å². The van der Waals surface area contributed by atoms with Gasteiger partial charge in [-0.05, 0) is 30.4 Å². The van der Waals surface area contributed by atoms with Gasteiger partial charge in [0.25, 0.3) is 0 Å². The van der Waals surface area contributed by atoms with Crippen LogP contribution in [0.2, 0.25) is 0 Å². The number of ether oxygens (including phenoxy) is 2. The van der Waals surface area contributed by atoms with Crippen LogP contribution < -0.4 is 0 Å². The zero-order chi connectivity index (χ0) is 15.2. The Balaban J connectivity index is 2.49. The zero-order valence-electron chi connectivity index (χ0n) is 13.3. The third kappa shape index (κ3) is 5.61. The highest BCUT2D eigenvalue weighted by Gasteiger charge is 2.15. The summed E-state index contributed by atoms with van der Waals surface area (Å²) in [5, 5.41) is 10.1. The van der Waals surface area contributed by atoms with Crippen molar-refractivity contribution in [2.24, 2.45) is 0 Å². The summed E-state index contributed by atoms with van der Waals surface area (Å²) in [4.78, 5) is 0. The van der Waals surface area contributed by atoms with Crippen LogP contribution in [0.25, 0.3) is 0 Å². The largest absolute Gasteiger partial charge is 0.386 e. The Hall–Kier alpha value is -0.900. The van der Waals surface area contributed by atoms with Gasteiger partial charge in [-0.15, -0.1) is 0 Å². The Labute approximate surface area is 122 Å². The average molecular weight is 280 g/mol. The minimum absolute atomic E-state index is 0.00144. The fourth-order valence-corrected chi connectivity index (χ4v) is 1.89. The number of benzene rings is 1. The van der Waals surface area contributed by atoms with Crippen molar-refractivity contribution >= 4 is 0 Å². The smallest absolute Gasteiger partial charge is 0.102 e. The quantitative estimate of drug-likeness (QED) is 0.831. The van der Waals surface area contributed by atoms with Gasteiger partial charge in [0.05, 0.1) is 19.3 Å². The first-order chi connectivity index (χ1) is 9.34. The van der Waals surface area contributed by atoms with Gasteiger partial charge < -0.3 is 14.6 Å². The molecule has 3 heteroatoms. The van der Waals surface area contributed by atoms with E-state index < -0.39 is 6.10 Å². The molecule has 20 heavy (non-hydrogen) atoms. The average Bonchev–Trinajstić information content (AvgIpc) is 2.41. The summed E-state index contributed by atoms with van der Waals surface area (Å²) in [6, 6.07) is 8.09. The van der Waals surface area contributed by atoms with E-state index in [1.54, 1.807) is 0 Å². The molecule has 0 aliphatic rings. The molecule has 0 radical (unpaired) electrons. The number of aliphatic hydroxyl groups is 1. The third-order valence-corrected chi connectivity index (χ3v) is 3.26. The molecule has 0 amide bonds. The van der Waals surface area contributed by atoms with E-state index in [4.69, 9.17) is 9.47 Å². The molecule has 0 heterocycles. The molecule has 1 aromatic carbocycles. The normalized spacial score (nSPS) is 15.1. The molecule has 2 unspecified atom stereocenters. The molecule has 0 aliphatic heterocycles. The summed E-state index contributed by atoms with van der Waals surface area (Å²) in [6.07, 6.45) is -0.591. The molecule has 0 aromatic heterocycles. The summed E-state index contributed by atoms with van der Waals surface area (Å²) < 4.78 is 10.9. The van der Waals surface area contributed by atoms with Crippen molar-refractivity contribution < 1.29 is 14.6 Å². The molecular weight excluding hydrogens is 252 g/mol. The van der Waals surface area contributed by atoms with E-state index in [9.17, 15) is 5.11 Å². The molecule has 0 saturated carbocycles. The Bertz CT molecular complexity index is 378. The van der Waals surface area contributed by atoms with Gasteiger partial charge in [-0.1, -0.05) is 45.0 Å². The molecule has 2 atom stereocenters. The maximum atomic E-state index is 10.1. The van der Waals surface area contributed by atoms with Crippen molar-refractivity contribution in [3.8, 4) is 0 Å². The second kappa shape index (κ2) is 7.77. The van der Waals surface area contributed by atoms with E-state index in [0.29, 0.717) is 19.8 Å². The van der Waals surface area contributed by atoms with Crippen LogP contribution in [0.3, 0.4) is 0 Å². The van der Waals surface area contributed by atoms with E-state index >= 15 is 0 Å². The van der Waals surface area contributed by atoms with E-state index in [0.717, 1.165) is 5.56 Å². The molecule has 0 bridgehead atoms. The molecular formula is C17H28O3. The SMILES string of the molecule is CCOCC(C)OCC(O)c1ccc(C(C)(C)C)cc1. The topological polar surface area (TPSA) is 38.7 Å². The lowest BCUT2D eigenvalue weighted by Crippen LogP contribution is -2.19. The van der Waals surface area contributed by atoms with Gasteiger partial charge in [0, 0.05) is 6.61 Å². The van der Waals surface area contributed by atoms with E-state index in [2.05, 4.69) is 32.9 Å². The first kappa shape index (κ1) is 17.2. The lowest BCUT2D eigenvalue weighted by Gasteiger charge is -2.20. The molecule has 0 aliphatic carbocycles. The van der Waals surface area contributed by atoms with Crippen molar-refractivity contribution in [1.29, 1.82) is 0 Å². The fourth-order valence-electron chi connectivity index (χ4n) is 1.89. The van der Waals surface area contributed by atoms with E-state index in [-0.39, 0.29) is 11.5 Å². The standard InChI is InChI=1S/C17H28O3/c1-6-19-11-13(2)20-12-16(18)14-7-9-15(10-8-14)17(3,4)5/h7-10,13,16,18H,6,11-12H2,1-5H3. The van der Waals surface area contributed by atoms with Crippen molar-refractivity contribution in [2.45, 2.75) is 52.2 Å². The number of hydrogen-bond acceptors (Lipinski definition) is 3. The second-order valence-electron chi connectivity index (χ2n) is 6.19. The summed E-state index contributed by atoms with van der Waals surface area (Å²) >= 11 is 0. The summed E-state index contributed by atoms with van der Waals surface area (Å²) in [5.41, 5.74) is 2.28. The lowest BCUT2D eigenvalue weighted by molar-refractivity contribution is -0.0395. The summed E-state index contributed by atoms with van der Waals surface area (Å²) in [6.45, 7) is 12.0. The predicted molar refractivity (Wildman–Crippen MR) is 82.0 cm³/mol. The maximum absolute atomic E-state index is 10.1. The number of rotatable bonds is 7.